The van der Waals surface area contributed by atoms with Crippen LogP contribution in [0.25, 0.3) is 0 Å². The van der Waals surface area contributed by atoms with Gasteiger partial charge < -0.3 is 19.5 Å². The van der Waals surface area contributed by atoms with Crippen molar-refractivity contribution in [1.82, 2.24) is 4.90 Å². The van der Waals surface area contributed by atoms with E-state index in [2.05, 4.69) is 39.5 Å². The fourth-order valence-electron chi connectivity index (χ4n) is 7.35. The van der Waals surface area contributed by atoms with E-state index in [-0.39, 0.29) is 30.1 Å². The molecular formula is C47H93NO5. The van der Waals surface area contributed by atoms with Gasteiger partial charge in [-0.3, -0.25) is 9.59 Å². The van der Waals surface area contributed by atoms with Gasteiger partial charge in [-0.2, -0.15) is 0 Å². The lowest BCUT2D eigenvalue weighted by atomic mass is 9.83. The Labute approximate surface area is 331 Å². The van der Waals surface area contributed by atoms with E-state index in [1.165, 1.54) is 122 Å². The van der Waals surface area contributed by atoms with Crippen molar-refractivity contribution in [2.45, 2.75) is 253 Å². The first-order valence-corrected chi connectivity index (χ1v) is 23.5. The molecule has 0 aliphatic heterocycles. The summed E-state index contributed by atoms with van der Waals surface area (Å²) in [4.78, 5) is 27.5. The maximum absolute atomic E-state index is 12.9. The van der Waals surface area contributed by atoms with Crippen LogP contribution in [-0.4, -0.2) is 60.9 Å². The van der Waals surface area contributed by atoms with Crippen LogP contribution in [0.15, 0.2) is 0 Å². The van der Waals surface area contributed by atoms with Crippen LogP contribution in [-0.2, 0) is 19.1 Å². The molecule has 0 rings (SSSR count). The fourth-order valence-corrected chi connectivity index (χ4v) is 7.35. The lowest BCUT2D eigenvalue weighted by molar-refractivity contribution is -0.150. The molecule has 0 bridgehead atoms. The van der Waals surface area contributed by atoms with Crippen molar-refractivity contribution in [3.8, 4) is 0 Å². The van der Waals surface area contributed by atoms with Crippen LogP contribution in [0, 0.1) is 5.41 Å². The molecule has 53 heavy (non-hydrogen) atoms. The number of hydrogen-bond acceptors (Lipinski definition) is 6. The van der Waals surface area contributed by atoms with Crippen molar-refractivity contribution >= 4 is 11.9 Å². The van der Waals surface area contributed by atoms with Crippen LogP contribution >= 0.6 is 0 Å². The first kappa shape index (κ1) is 51.9. The van der Waals surface area contributed by atoms with Crippen LogP contribution < -0.4 is 0 Å². The van der Waals surface area contributed by atoms with E-state index in [0.29, 0.717) is 19.4 Å². The molecule has 0 atom stereocenters. The zero-order valence-electron chi connectivity index (χ0n) is 36.5. The molecule has 0 fully saturated rings. The highest BCUT2D eigenvalue weighted by Crippen LogP contribution is 2.28. The summed E-state index contributed by atoms with van der Waals surface area (Å²) in [6.07, 6.45) is 37.8. The summed E-state index contributed by atoms with van der Waals surface area (Å²) < 4.78 is 11.5. The van der Waals surface area contributed by atoms with E-state index >= 15 is 0 Å². The molecule has 1 N–H and O–H groups in total. The second-order valence-electron chi connectivity index (χ2n) is 17.1. The molecule has 0 radical (unpaired) electrons. The van der Waals surface area contributed by atoms with Gasteiger partial charge in [0.1, 0.15) is 6.10 Å². The van der Waals surface area contributed by atoms with E-state index in [1.807, 2.05) is 0 Å². The molecule has 0 aromatic heterocycles. The number of esters is 2. The van der Waals surface area contributed by atoms with E-state index in [1.54, 1.807) is 0 Å². The van der Waals surface area contributed by atoms with Gasteiger partial charge in [-0.05, 0) is 89.1 Å². The number of aliphatic hydroxyl groups is 1. The average molecular weight is 752 g/mol. The number of aliphatic hydroxyl groups excluding tert-OH is 1. The van der Waals surface area contributed by atoms with Crippen molar-refractivity contribution in [3.05, 3.63) is 0 Å². The summed E-state index contributed by atoms with van der Waals surface area (Å²) in [6.45, 7) is 15.4. The van der Waals surface area contributed by atoms with Crippen LogP contribution in [0.4, 0.5) is 0 Å². The number of unbranched alkanes of at least 4 members (excludes halogenated alkanes) is 21. The van der Waals surface area contributed by atoms with Gasteiger partial charge in [-0.25, -0.2) is 0 Å². The van der Waals surface area contributed by atoms with E-state index in [0.717, 1.165) is 96.7 Å². The van der Waals surface area contributed by atoms with Crippen molar-refractivity contribution in [2.75, 3.05) is 32.8 Å². The topological polar surface area (TPSA) is 76.1 Å². The third kappa shape index (κ3) is 37.6. The summed E-state index contributed by atoms with van der Waals surface area (Å²) in [6, 6.07) is 0. The Morgan fingerprint density at radius 3 is 1.53 bits per heavy atom. The highest BCUT2D eigenvalue weighted by molar-refractivity contribution is 5.69. The molecule has 6 heteroatoms. The number of carbonyl (C=O) groups excluding carboxylic acids is 2. The lowest BCUT2D eigenvalue weighted by Gasteiger charge is -2.29. The van der Waals surface area contributed by atoms with Gasteiger partial charge in [0.05, 0.1) is 6.61 Å². The zero-order chi connectivity index (χ0) is 39.1. The van der Waals surface area contributed by atoms with Crippen LogP contribution in [0.5, 0.6) is 0 Å². The molecule has 0 aliphatic carbocycles. The zero-order valence-corrected chi connectivity index (χ0v) is 36.5. The minimum absolute atomic E-state index is 0.0127. The van der Waals surface area contributed by atoms with Crippen molar-refractivity contribution in [1.29, 1.82) is 0 Å². The molecule has 0 saturated carbocycles. The Balaban J connectivity index is 4.27. The predicted molar refractivity (Wildman–Crippen MR) is 228 cm³/mol. The van der Waals surface area contributed by atoms with E-state index in [9.17, 15) is 14.7 Å². The highest BCUT2D eigenvalue weighted by atomic mass is 16.5. The minimum Gasteiger partial charge on any atom is -0.466 e. The molecule has 0 aliphatic rings. The van der Waals surface area contributed by atoms with Gasteiger partial charge >= 0.3 is 11.9 Å². The Kier molecular flexibility index (Phi) is 38.3. The minimum atomic E-state index is -0.0278. The van der Waals surface area contributed by atoms with Crippen molar-refractivity contribution < 1.29 is 24.2 Å². The largest absolute Gasteiger partial charge is 0.466 e. The van der Waals surface area contributed by atoms with E-state index in [4.69, 9.17) is 9.47 Å². The van der Waals surface area contributed by atoms with Crippen molar-refractivity contribution in [2.24, 2.45) is 5.41 Å². The fraction of sp³-hybridized carbons (Fsp3) is 0.957. The summed E-state index contributed by atoms with van der Waals surface area (Å²) >= 11 is 0. The van der Waals surface area contributed by atoms with Crippen LogP contribution in [0.3, 0.4) is 0 Å². The third-order valence-corrected chi connectivity index (χ3v) is 11.1. The molecule has 6 nitrogen and oxygen atoms in total. The third-order valence-electron chi connectivity index (χ3n) is 11.1. The molecule has 0 amide bonds. The number of hydrogen-bond donors (Lipinski definition) is 1. The van der Waals surface area contributed by atoms with Gasteiger partial charge in [0.2, 0.25) is 0 Å². The summed E-state index contributed by atoms with van der Waals surface area (Å²) in [5.41, 5.74) is 0.225. The standard InChI is InChI=1S/C47H93NO5/c1-6-9-12-15-18-24-31-43-52-45(50)35-27-22-19-23-30-39-48(40-32-42-49)41-38-47(4,5)37-29-28-36-46(51)53-44(33-25-20-16-13-10-7-2)34-26-21-17-14-11-8-3/h44,49H,6-43H2,1-5H3. The Hall–Kier alpha value is -1.14. The maximum atomic E-state index is 12.9. The van der Waals surface area contributed by atoms with E-state index < -0.39 is 0 Å². The molecule has 0 saturated heterocycles. The second kappa shape index (κ2) is 39.1. The van der Waals surface area contributed by atoms with Crippen LogP contribution in [0.2, 0.25) is 0 Å². The Morgan fingerprint density at radius 2 is 0.962 bits per heavy atom. The molecular weight excluding hydrogens is 659 g/mol. The monoisotopic (exact) mass is 752 g/mol. The normalized spacial score (nSPS) is 11.9. The molecule has 0 unspecified atom stereocenters. The smallest absolute Gasteiger partial charge is 0.306 e. The number of ether oxygens (including phenoxy) is 2. The van der Waals surface area contributed by atoms with Gasteiger partial charge in [-0.1, -0.05) is 163 Å². The molecule has 0 aromatic carbocycles. The number of nitrogens with zero attached hydrogens (tertiary/aromatic N) is 1. The predicted octanol–water partition coefficient (Wildman–Crippen LogP) is 13.7. The maximum Gasteiger partial charge on any atom is 0.306 e. The first-order valence-electron chi connectivity index (χ1n) is 23.5. The highest BCUT2D eigenvalue weighted by Gasteiger charge is 2.20. The molecule has 316 valence electrons. The van der Waals surface area contributed by atoms with Gasteiger partial charge in [0.15, 0.2) is 0 Å². The van der Waals surface area contributed by atoms with Crippen LogP contribution in [0.1, 0.15) is 247 Å². The number of carbonyl (C=O) groups is 2. The molecule has 0 aromatic rings. The first-order chi connectivity index (χ1) is 25.8. The average Bonchev–Trinajstić information content (AvgIpc) is 3.14. The quantitative estimate of drug-likeness (QED) is 0.0494. The SMILES string of the molecule is CCCCCCCCCOC(=O)CCCCCCCN(CCCO)CCC(C)(C)CCCCC(=O)OC(CCCCCCCC)CCCCCCCC. The molecule has 0 spiro atoms. The molecule has 0 heterocycles. The second-order valence-corrected chi connectivity index (χ2v) is 17.1. The van der Waals surface area contributed by atoms with Gasteiger partial charge in [0.25, 0.3) is 0 Å². The Morgan fingerprint density at radius 1 is 0.509 bits per heavy atom. The Bertz CT molecular complexity index is 771. The van der Waals surface area contributed by atoms with Crippen molar-refractivity contribution in [3.63, 3.8) is 0 Å². The summed E-state index contributed by atoms with van der Waals surface area (Å²) in [5, 5.41) is 9.48. The summed E-state index contributed by atoms with van der Waals surface area (Å²) in [7, 11) is 0. The lowest BCUT2D eigenvalue weighted by Crippen LogP contribution is -2.31. The van der Waals surface area contributed by atoms with Gasteiger partial charge in [-0.15, -0.1) is 0 Å². The number of rotatable bonds is 42. The summed E-state index contributed by atoms with van der Waals surface area (Å²) in [5.74, 6) is -0.0151. The van der Waals surface area contributed by atoms with Gasteiger partial charge in [0, 0.05) is 26.0 Å².